The van der Waals surface area contributed by atoms with Gasteiger partial charge >= 0.3 is 0 Å². The Morgan fingerprint density at radius 3 is 2.35 bits per heavy atom. The van der Waals surface area contributed by atoms with Crippen molar-refractivity contribution in [2.75, 3.05) is 6.61 Å². The fourth-order valence-electron chi connectivity index (χ4n) is 2.60. The average molecular weight is 308 g/mol. The van der Waals surface area contributed by atoms with E-state index < -0.39 is 0 Å². The molecule has 5 nitrogen and oxygen atoms in total. The molecule has 0 saturated heterocycles. The van der Waals surface area contributed by atoms with Gasteiger partial charge in [0.2, 0.25) is 0 Å². The van der Waals surface area contributed by atoms with Crippen LogP contribution in [0.4, 0.5) is 0 Å². The van der Waals surface area contributed by atoms with E-state index in [1.165, 1.54) is 5.56 Å². The molecule has 5 heteroatoms. The smallest absolute Gasteiger partial charge is 0.139 e. The second kappa shape index (κ2) is 6.71. The molecule has 0 N–H and O–H groups in total. The molecule has 0 radical (unpaired) electrons. The van der Waals surface area contributed by atoms with Crippen molar-refractivity contribution in [3.05, 3.63) is 60.3 Å². The van der Waals surface area contributed by atoms with Gasteiger partial charge in [-0.3, -0.25) is 4.57 Å². The van der Waals surface area contributed by atoms with E-state index in [1.54, 1.807) is 17.2 Å². The Morgan fingerprint density at radius 1 is 1.04 bits per heavy atom. The first-order valence-electron chi connectivity index (χ1n) is 7.73. The molecule has 118 valence electrons. The lowest BCUT2D eigenvalue weighted by molar-refractivity contribution is 0.0764. The summed E-state index contributed by atoms with van der Waals surface area (Å²) in [7, 11) is 0. The molecule has 0 aliphatic heterocycles. The summed E-state index contributed by atoms with van der Waals surface area (Å²) in [5.41, 5.74) is 4.43. The zero-order chi connectivity index (χ0) is 16.2. The van der Waals surface area contributed by atoms with Crippen molar-refractivity contribution in [1.29, 1.82) is 0 Å². The topological polar surface area (TPSA) is 52.8 Å². The standard InChI is InChI=1S/C18H20N4O/c1-4-23-14(3)15-5-7-16(8-6-15)17-9-10-18(21-13(17)2)22-11-19-20-12-22/h5-12,14H,4H2,1-3H3/t14-/m0/s1. The molecule has 1 atom stereocenters. The van der Waals surface area contributed by atoms with Gasteiger partial charge in [0.25, 0.3) is 0 Å². The fourth-order valence-corrected chi connectivity index (χ4v) is 2.60. The van der Waals surface area contributed by atoms with Gasteiger partial charge in [0.05, 0.1) is 6.10 Å². The van der Waals surface area contributed by atoms with E-state index in [1.807, 2.05) is 19.9 Å². The van der Waals surface area contributed by atoms with Gasteiger partial charge in [-0.25, -0.2) is 4.98 Å². The number of aryl methyl sites for hydroxylation is 1. The maximum Gasteiger partial charge on any atom is 0.139 e. The van der Waals surface area contributed by atoms with Crippen molar-refractivity contribution in [2.45, 2.75) is 26.9 Å². The molecule has 3 aromatic rings. The Hall–Kier alpha value is -2.53. The third-order valence-electron chi connectivity index (χ3n) is 3.86. The minimum absolute atomic E-state index is 0.115. The highest BCUT2D eigenvalue weighted by atomic mass is 16.5. The van der Waals surface area contributed by atoms with Crippen molar-refractivity contribution >= 4 is 0 Å². The highest BCUT2D eigenvalue weighted by Gasteiger charge is 2.08. The van der Waals surface area contributed by atoms with Crippen molar-refractivity contribution < 1.29 is 4.74 Å². The van der Waals surface area contributed by atoms with E-state index in [0.717, 1.165) is 29.2 Å². The fraction of sp³-hybridized carbons (Fsp3) is 0.278. The number of pyridine rings is 1. The van der Waals surface area contributed by atoms with E-state index >= 15 is 0 Å². The molecule has 0 bridgehead atoms. The Labute approximate surface area is 136 Å². The number of rotatable bonds is 5. The molecule has 23 heavy (non-hydrogen) atoms. The molecule has 1 aromatic carbocycles. The highest BCUT2D eigenvalue weighted by molar-refractivity contribution is 5.66. The molecule has 0 saturated carbocycles. The first-order valence-corrected chi connectivity index (χ1v) is 7.73. The molecule has 0 aliphatic rings. The Morgan fingerprint density at radius 2 is 1.74 bits per heavy atom. The van der Waals surface area contributed by atoms with Crippen LogP contribution in [0.25, 0.3) is 16.9 Å². The number of ether oxygens (including phenoxy) is 1. The van der Waals surface area contributed by atoms with Crippen LogP contribution in [0.15, 0.2) is 49.1 Å². The van der Waals surface area contributed by atoms with Crippen LogP contribution < -0.4 is 0 Å². The lowest BCUT2D eigenvalue weighted by atomic mass is 10.0. The van der Waals surface area contributed by atoms with Crippen LogP contribution in [0, 0.1) is 6.92 Å². The van der Waals surface area contributed by atoms with Crippen LogP contribution >= 0.6 is 0 Å². The normalized spacial score (nSPS) is 12.3. The van der Waals surface area contributed by atoms with Crippen molar-refractivity contribution in [1.82, 2.24) is 19.7 Å². The van der Waals surface area contributed by atoms with Crippen molar-refractivity contribution in [3.63, 3.8) is 0 Å². The number of aromatic nitrogens is 4. The SMILES string of the molecule is CCO[C@@H](C)c1ccc(-c2ccc(-n3cnnc3)nc2C)cc1. The zero-order valence-electron chi connectivity index (χ0n) is 13.6. The van der Waals surface area contributed by atoms with Crippen LogP contribution in [0.1, 0.15) is 31.2 Å². The van der Waals surface area contributed by atoms with Gasteiger partial charge < -0.3 is 4.74 Å². The first-order chi connectivity index (χ1) is 11.2. The maximum atomic E-state index is 5.63. The van der Waals surface area contributed by atoms with Gasteiger partial charge in [-0.1, -0.05) is 24.3 Å². The van der Waals surface area contributed by atoms with Gasteiger partial charge in [-0.05, 0) is 44.0 Å². The van der Waals surface area contributed by atoms with Gasteiger partial charge in [0, 0.05) is 17.9 Å². The zero-order valence-corrected chi connectivity index (χ0v) is 13.6. The number of benzene rings is 1. The minimum Gasteiger partial charge on any atom is -0.374 e. The van der Waals surface area contributed by atoms with Crippen molar-refractivity contribution in [3.8, 4) is 16.9 Å². The maximum absolute atomic E-state index is 5.63. The van der Waals surface area contributed by atoms with E-state index in [-0.39, 0.29) is 6.10 Å². The number of nitrogens with zero attached hydrogens (tertiary/aromatic N) is 4. The predicted octanol–water partition coefficient (Wildman–Crippen LogP) is 3.74. The quantitative estimate of drug-likeness (QED) is 0.720. The minimum atomic E-state index is 0.115. The number of hydrogen-bond acceptors (Lipinski definition) is 4. The summed E-state index contributed by atoms with van der Waals surface area (Å²) in [4.78, 5) is 4.64. The van der Waals surface area contributed by atoms with E-state index in [4.69, 9.17) is 4.74 Å². The summed E-state index contributed by atoms with van der Waals surface area (Å²) >= 11 is 0. The largest absolute Gasteiger partial charge is 0.374 e. The molecular formula is C18H20N4O. The summed E-state index contributed by atoms with van der Waals surface area (Å²) in [6.07, 6.45) is 3.40. The molecule has 0 amide bonds. The van der Waals surface area contributed by atoms with Gasteiger partial charge in [0.1, 0.15) is 18.5 Å². The van der Waals surface area contributed by atoms with Gasteiger partial charge in [-0.15, -0.1) is 10.2 Å². The van der Waals surface area contributed by atoms with Crippen LogP contribution in [-0.4, -0.2) is 26.4 Å². The first kappa shape index (κ1) is 15.4. The van der Waals surface area contributed by atoms with Crippen LogP contribution in [-0.2, 0) is 4.74 Å². The molecule has 0 fully saturated rings. The second-order valence-electron chi connectivity index (χ2n) is 5.39. The van der Waals surface area contributed by atoms with Gasteiger partial charge in [0.15, 0.2) is 0 Å². The molecule has 0 aliphatic carbocycles. The lowest BCUT2D eigenvalue weighted by Crippen LogP contribution is -2.00. The molecular weight excluding hydrogens is 288 g/mol. The molecule has 2 aromatic heterocycles. The van der Waals surface area contributed by atoms with E-state index in [9.17, 15) is 0 Å². The van der Waals surface area contributed by atoms with E-state index in [2.05, 4.69) is 52.4 Å². The predicted molar refractivity (Wildman–Crippen MR) is 89.4 cm³/mol. The summed E-state index contributed by atoms with van der Waals surface area (Å²) in [6.45, 7) is 6.81. The van der Waals surface area contributed by atoms with Crippen LogP contribution in [0.3, 0.4) is 0 Å². The average Bonchev–Trinajstić information content (AvgIpc) is 3.10. The third-order valence-corrected chi connectivity index (χ3v) is 3.86. The summed E-state index contributed by atoms with van der Waals surface area (Å²) < 4.78 is 7.42. The third kappa shape index (κ3) is 3.29. The molecule has 0 spiro atoms. The van der Waals surface area contributed by atoms with Crippen molar-refractivity contribution in [2.24, 2.45) is 0 Å². The summed E-state index contributed by atoms with van der Waals surface area (Å²) in [5, 5.41) is 7.62. The van der Waals surface area contributed by atoms with E-state index in [0.29, 0.717) is 0 Å². The Kier molecular flexibility index (Phi) is 4.48. The van der Waals surface area contributed by atoms with Crippen LogP contribution in [0.2, 0.25) is 0 Å². The highest BCUT2D eigenvalue weighted by Crippen LogP contribution is 2.26. The monoisotopic (exact) mass is 308 g/mol. The lowest BCUT2D eigenvalue weighted by Gasteiger charge is -2.13. The Bertz CT molecular complexity index is 766. The molecule has 2 heterocycles. The number of hydrogen-bond donors (Lipinski definition) is 0. The molecule has 0 unspecified atom stereocenters. The van der Waals surface area contributed by atoms with Gasteiger partial charge in [-0.2, -0.15) is 0 Å². The Balaban J connectivity index is 1.87. The molecule has 3 rings (SSSR count). The second-order valence-corrected chi connectivity index (χ2v) is 5.39. The summed E-state index contributed by atoms with van der Waals surface area (Å²) in [6, 6.07) is 12.5. The summed E-state index contributed by atoms with van der Waals surface area (Å²) in [5.74, 6) is 0.817. The van der Waals surface area contributed by atoms with Crippen LogP contribution in [0.5, 0.6) is 0 Å².